The minimum Gasteiger partial charge on any atom is -0.485 e. The van der Waals surface area contributed by atoms with Crippen molar-refractivity contribution >= 4 is 17.4 Å². The van der Waals surface area contributed by atoms with Crippen molar-refractivity contribution in [2.24, 2.45) is 0 Å². The first-order valence-corrected chi connectivity index (χ1v) is 7.40. The van der Waals surface area contributed by atoms with Gasteiger partial charge in [-0.15, -0.1) is 0 Å². The number of nitrogens with one attached hydrogen (secondary N) is 1. The van der Waals surface area contributed by atoms with Crippen LogP contribution in [0.5, 0.6) is 5.75 Å². The van der Waals surface area contributed by atoms with E-state index in [4.69, 9.17) is 4.74 Å². The summed E-state index contributed by atoms with van der Waals surface area (Å²) in [6, 6.07) is 12.2. The lowest BCUT2D eigenvalue weighted by molar-refractivity contribution is -0.116. The maximum atomic E-state index is 13.0. The third-order valence-corrected chi connectivity index (χ3v) is 3.13. The van der Waals surface area contributed by atoms with Gasteiger partial charge in [0.15, 0.2) is 12.4 Å². The summed E-state index contributed by atoms with van der Waals surface area (Å²) >= 11 is 0. The largest absolute Gasteiger partial charge is 0.485 e. The summed E-state index contributed by atoms with van der Waals surface area (Å²) in [7, 11) is 0. The van der Waals surface area contributed by atoms with E-state index in [0.29, 0.717) is 23.4 Å². The lowest BCUT2D eigenvalue weighted by atomic mass is 10.1. The van der Waals surface area contributed by atoms with Crippen molar-refractivity contribution in [3.63, 3.8) is 0 Å². The van der Waals surface area contributed by atoms with Crippen LogP contribution >= 0.6 is 0 Å². The highest BCUT2D eigenvalue weighted by Crippen LogP contribution is 2.14. The molecule has 5 heteroatoms. The van der Waals surface area contributed by atoms with Crippen LogP contribution in [0.1, 0.15) is 30.1 Å². The van der Waals surface area contributed by atoms with Crippen LogP contribution in [0.25, 0.3) is 0 Å². The summed E-state index contributed by atoms with van der Waals surface area (Å²) in [5.41, 5.74) is 1.11. The van der Waals surface area contributed by atoms with E-state index in [1.165, 1.54) is 18.2 Å². The molecule has 0 spiro atoms. The first kappa shape index (κ1) is 16.7. The first-order valence-electron chi connectivity index (χ1n) is 7.40. The van der Waals surface area contributed by atoms with Crippen LogP contribution < -0.4 is 10.1 Å². The van der Waals surface area contributed by atoms with Crippen LogP contribution in [0.2, 0.25) is 0 Å². The third-order valence-electron chi connectivity index (χ3n) is 3.13. The monoisotopic (exact) mass is 315 g/mol. The Balaban J connectivity index is 1.91. The van der Waals surface area contributed by atoms with Gasteiger partial charge in [-0.1, -0.05) is 13.0 Å². The predicted octanol–water partition coefficient (Wildman–Crippen LogP) is 3.83. The standard InChI is InChI=1S/C18H18FNO3/c1-2-4-18(22)20-15-9-7-13(8-10-15)17(21)12-23-16-6-3-5-14(19)11-16/h3,5-11H,2,4,12H2,1H3,(H,20,22). The zero-order valence-corrected chi connectivity index (χ0v) is 12.8. The number of halogens is 1. The number of hydrogen-bond donors (Lipinski definition) is 1. The second-order valence-electron chi connectivity index (χ2n) is 5.04. The number of ether oxygens (including phenoxy) is 1. The van der Waals surface area contributed by atoms with Gasteiger partial charge in [0.25, 0.3) is 0 Å². The molecule has 0 radical (unpaired) electrons. The molecule has 1 N–H and O–H groups in total. The second kappa shape index (κ2) is 8.08. The number of anilines is 1. The molecule has 0 heterocycles. The molecule has 23 heavy (non-hydrogen) atoms. The molecule has 2 rings (SSSR count). The minimum absolute atomic E-state index is 0.0546. The number of ketones is 1. The molecule has 2 aromatic carbocycles. The summed E-state index contributed by atoms with van der Waals surface area (Å²) < 4.78 is 18.3. The van der Waals surface area contributed by atoms with Gasteiger partial charge in [0, 0.05) is 23.7 Å². The summed E-state index contributed by atoms with van der Waals surface area (Å²) in [4.78, 5) is 23.5. The third kappa shape index (κ3) is 5.21. The first-order chi connectivity index (χ1) is 11.1. The smallest absolute Gasteiger partial charge is 0.224 e. The van der Waals surface area contributed by atoms with Gasteiger partial charge in [-0.2, -0.15) is 0 Å². The van der Waals surface area contributed by atoms with Crippen molar-refractivity contribution in [2.45, 2.75) is 19.8 Å². The summed E-state index contributed by atoms with van der Waals surface area (Å²) in [5.74, 6) is -0.384. The fourth-order valence-corrected chi connectivity index (χ4v) is 1.98. The van der Waals surface area contributed by atoms with Crippen LogP contribution in [-0.4, -0.2) is 18.3 Å². The van der Waals surface area contributed by atoms with Crippen molar-refractivity contribution in [1.29, 1.82) is 0 Å². The van der Waals surface area contributed by atoms with E-state index in [1.807, 2.05) is 6.92 Å². The normalized spacial score (nSPS) is 10.2. The molecule has 4 nitrogen and oxygen atoms in total. The molecule has 0 fully saturated rings. The van der Waals surface area contributed by atoms with Gasteiger partial charge in [-0.25, -0.2) is 4.39 Å². The van der Waals surface area contributed by atoms with E-state index in [2.05, 4.69) is 5.32 Å². The number of amides is 1. The van der Waals surface area contributed by atoms with Crippen LogP contribution in [0.3, 0.4) is 0 Å². The van der Waals surface area contributed by atoms with Gasteiger partial charge in [0.1, 0.15) is 11.6 Å². The molecule has 1 amide bonds. The topological polar surface area (TPSA) is 55.4 Å². The molecular formula is C18H18FNO3. The Morgan fingerprint density at radius 3 is 2.52 bits per heavy atom. The quantitative estimate of drug-likeness (QED) is 0.790. The van der Waals surface area contributed by atoms with Gasteiger partial charge in [0.05, 0.1) is 0 Å². The molecule has 0 aliphatic rings. The fraction of sp³-hybridized carbons (Fsp3) is 0.222. The Morgan fingerprint density at radius 2 is 1.87 bits per heavy atom. The molecule has 0 aliphatic heterocycles. The Bertz CT molecular complexity index is 683. The van der Waals surface area contributed by atoms with E-state index >= 15 is 0 Å². The molecule has 0 aliphatic carbocycles. The number of rotatable bonds is 7. The van der Waals surface area contributed by atoms with Gasteiger partial charge >= 0.3 is 0 Å². The van der Waals surface area contributed by atoms with Crippen molar-refractivity contribution in [3.8, 4) is 5.75 Å². The zero-order chi connectivity index (χ0) is 16.7. The van der Waals surface area contributed by atoms with E-state index in [-0.39, 0.29) is 18.3 Å². The Hall–Kier alpha value is -2.69. The molecule has 0 aromatic heterocycles. The van der Waals surface area contributed by atoms with E-state index in [9.17, 15) is 14.0 Å². The van der Waals surface area contributed by atoms with Crippen molar-refractivity contribution in [1.82, 2.24) is 0 Å². The minimum atomic E-state index is -0.415. The Morgan fingerprint density at radius 1 is 1.13 bits per heavy atom. The van der Waals surface area contributed by atoms with Gasteiger partial charge < -0.3 is 10.1 Å². The molecular weight excluding hydrogens is 297 g/mol. The highest BCUT2D eigenvalue weighted by atomic mass is 19.1. The number of Topliss-reactive ketones (excluding diaryl/α,β-unsaturated/α-hetero) is 1. The zero-order valence-electron chi connectivity index (χ0n) is 12.8. The number of carbonyl (C=O) groups excluding carboxylic acids is 2. The summed E-state index contributed by atoms with van der Waals surface area (Å²) in [6.45, 7) is 1.75. The molecule has 2 aromatic rings. The number of carbonyl (C=O) groups is 2. The highest BCUT2D eigenvalue weighted by molar-refractivity contribution is 5.98. The fourth-order valence-electron chi connectivity index (χ4n) is 1.98. The SMILES string of the molecule is CCCC(=O)Nc1ccc(C(=O)COc2cccc(F)c2)cc1. The maximum absolute atomic E-state index is 13.0. The molecule has 0 bridgehead atoms. The Labute approximate surface area is 134 Å². The molecule has 0 unspecified atom stereocenters. The number of benzene rings is 2. The van der Waals surface area contributed by atoms with E-state index in [0.717, 1.165) is 6.42 Å². The van der Waals surface area contributed by atoms with Gasteiger partial charge in [-0.3, -0.25) is 9.59 Å². The van der Waals surface area contributed by atoms with Gasteiger partial charge in [0.2, 0.25) is 5.91 Å². The lowest BCUT2D eigenvalue weighted by Crippen LogP contribution is -2.13. The summed E-state index contributed by atoms with van der Waals surface area (Å²) in [5, 5.41) is 2.75. The second-order valence-corrected chi connectivity index (χ2v) is 5.04. The average Bonchev–Trinajstić information content (AvgIpc) is 2.53. The lowest BCUT2D eigenvalue weighted by Gasteiger charge is -2.07. The maximum Gasteiger partial charge on any atom is 0.224 e. The van der Waals surface area contributed by atoms with Crippen LogP contribution in [-0.2, 0) is 4.79 Å². The highest BCUT2D eigenvalue weighted by Gasteiger charge is 2.08. The van der Waals surface area contributed by atoms with Crippen LogP contribution in [0, 0.1) is 5.82 Å². The molecule has 120 valence electrons. The molecule has 0 atom stereocenters. The Kier molecular flexibility index (Phi) is 5.86. The van der Waals surface area contributed by atoms with Crippen LogP contribution in [0.15, 0.2) is 48.5 Å². The molecule has 0 saturated carbocycles. The average molecular weight is 315 g/mol. The van der Waals surface area contributed by atoms with Crippen molar-refractivity contribution in [2.75, 3.05) is 11.9 Å². The van der Waals surface area contributed by atoms with E-state index < -0.39 is 5.82 Å². The predicted molar refractivity (Wildman–Crippen MR) is 86.2 cm³/mol. The van der Waals surface area contributed by atoms with E-state index in [1.54, 1.807) is 30.3 Å². The van der Waals surface area contributed by atoms with Gasteiger partial charge in [-0.05, 0) is 42.8 Å². The number of hydrogen-bond acceptors (Lipinski definition) is 3. The van der Waals surface area contributed by atoms with Crippen LogP contribution in [0.4, 0.5) is 10.1 Å². The van der Waals surface area contributed by atoms with Crippen molar-refractivity contribution < 1.29 is 18.7 Å². The summed E-state index contributed by atoms with van der Waals surface area (Å²) in [6.07, 6.45) is 1.24. The van der Waals surface area contributed by atoms with Crippen molar-refractivity contribution in [3.05, 3.63) is 59.9 Å². The molecule has 0 saturated heterocycles.